The first-order chi connectivity index (χ1) is 6.74. The van der Waals surface area contributed by atoms with Crippen LogP contribution < -0.4 is 0 Å². The molecule has 3 heteroatoms. The van der Waals surface area contributed by atoms with Crippen LogP contribution in [-0.4, -0.2) is 4.92 Å². The van der Waals surface area contributed by atoms with E-state index in [4.69, 9.17) is 0 Å². The number of rotatable bonds is 4. The zero-order valence-electron chi connectivity index (χ0n) is 8.14. The Morgan fingerprint density at radius 1 is 1.36 bits per heavy atom. The molecular weight excluding hydrogens is 178 g/mol. The molecular formula is C11H13NO2. The highest BCUT2D eigenvalue weighted by Gasteiger charge is 2.01. The molecule has 0 aromatic heterocycles. The summed E-state index contributed by atoms with van der Waals surface area (Å²) < 4.78 is 0. The maximum Gasteiger partial charge on any atom is 0.269 e. The number of non-ortho nitro benzene ring substituents is 1. The molecule has 74 valence electrons. The lowest BCUT2D eigenvalue weighted by molar-refractivity contribution is -0.384. The molecule has 1 aromatic carbocycles. The zero-order valence-corrected chi connectivity index (χ0v) is 8.14. The van der Waals surface area contributed by atoms with Gasteiger partial charge in [-0.3, -0.25) is 10.1 Å². The van der Waals surface area contributed by atoms with Crippen LogP contribution in [0, 0.1) is 10.1 Å². The topological polar surface area (TPSA) is 43.1 Å². The van der Waals surface area contributed by atoms with Crippen molar-refractivity contribution < 1.29 is 4.92 Å². The first kappa shape index (κ1) is 10.4. The Hall–Kier alpha value is -1.64. The summed E-state index contributed by atoms with van der Waals surface area (Å²) in [5.41, 5.74) is 1.14. The predicted molar refractivity (Wildman–Crippen MR) is 57.0 cm³/mol. The number of benzene rings is 1. The van der Waals surface area contributed by atoms with Gasteiger partial charge in [0.1, 0.15) is 0 Å². The van der Waals surface area contributed by atoms with E-state index in [1.165, 1.54) is 12.1 Å². The van der Waals surface area contributed by atoms with Crippen LogP contribution in [0.15, 0.2) is 30.3 Å². The Morgan fingerprint density at radius 2 is 2.00 bits per heavy atom. The minimum Gasteiger partial charge on any atom is -0.258 e. The third kappa shape index (κ3) is 3.01. The normalized spacial score (nSPS) is 10.6. The minimum absolute atomic E-state index is 0.137. The number of nitrogens with zero attached hydrogens (tertiary/aromatic N) is 1. The quantitative estimate of drug-likeness (QED) is 0.540. The van der Waals surface area contributed by atoms with Gasteiger partial charge in [-0.2, -0.15) is 0 Å². The SMILES string of the molecule is CCC/C=C\c1ccc([N+](=O)[O-])cc1. The van der Waals surface area contributed by atoms with E-state index in [0.29, 0.717) is 0 Å². The molecule has 0 aliphatic carbocycles. The summed E-state index contributed by atoms with van der Waals surface area (Å²) in [6.45, 7) is 2.11. The van der Waals surface area contributed by atoms with E-state index in [1.54, 1.807) is 12.1 Å². The molecule has 0 heterocycles. The second kappa shape index (κ2) is 5.17. The molecule has 0 amide bonds. The Morgan fingerprint density at radius 3 is 2.50 bits per heavy atom. The first-order valence-electron chi connectivity index (χ1n) is 4.65. The van der Waals surface area contributed by atoms with E-state index in [2.05, 4.69) is 13.0 Å². The van der Waals surface area contributed by atoms with Crippen molar-refractivity contribution in [3.63, 3.8) is 0 Å². The van der Waals surface area contributed by atoms with E-state index in [9.17, 15) is 10.1 Å². The molecule has 0 saturated carbocycles. The molecule has 0 bridgehead atoms. The van der Waals surface area contributed by atoms with Gasteiger partial charge < -0.3 is 0 Å². The highest BCUT2D eigenvalue weighted by atomic mass is 16.6. The fourth-order valence-electron chi connectivity index (χ4n) is 1.09. The smallest absolute Gasteiger partial charge is 0.258 e. The van der Waals surface area contributed by atoms with Crippen molar-refractivity contribution in [2.24, 2.45) is 0 Å². The van der Waals surface area contributed by atoms with Crippen molar-refractivity contribution in [3.8, 4) is 0 Å². The summed E-state index contributed by atoms with van der Waals surface area (Å²) in [4.78, 5) is 9.97. The minimum atomic E-state index is -0.389. The van der Waals surface area contributed by atoms with E-state index in [-0.39, 0.29) is 10.6 Å². The largest absolute Gasteiger partial charge is 0.269 e. The standard InChI is InChI=1S/C11H13NO2/c1-2-3-4-5-10-6-8-11(9-7-10)12(13)14/h4-9H,2-3H2,1H3/b5-4-. The molecule has 0 fully saturated rings. The van der Waals surface area contributed by atoms with Gasteiger partial charge in [-0.1, -0.05) is 25.5 Å². The number of allylic oxidation sites excluding steroid dienone is 1. The molecule has 1 aromatic rings. The number of hydrogen-bond acceptors (Lipinski definition) is 2. The second-order valence-electron chi connectivity index (χ2n) is 3.04. The van der Waals surface area contributed by atoms with E-state index >= 15 is 0 Å². The van der Waals surface area contributed by atoms with Crippen molar-refractivity contribution in [1.29, 1.82) is 0 Å². The number of nitro benzene ring substituents is 1. The lowest BCUT2D eigenvalue weighted by Crippen LogP contribution is -1.86. The molecule has 0 aliphatic rings. The third-order valence-electron chi connectivity index (χ3n) is 1.87. The lowest BCUT2D eigenvalue weighted by atomic mass is 10.2. The molecule has 0 aliphatic heterocycles. The van der Waals surface area contributed by atoms with E-state index in [0.717, 1.165) is 18.4 Å². The lowest BCUT2D eigenvalue weighted by Gasteiger charge is -1.93. The third-order valence-corrected chi connectivity index (χ3v) is 1.87. The number of nitro groups is 1. The molecule has 14 heavy (non-hydrogen) atoms. The van der Waals surface area contributed by atoms with Crippen LogP contribution in [0.3, 0.4) is 0 Å². The highest BCUT2D eigenvalue weighted by molar-refractivity contribution is 5.51. The summed E-state index contributed by atoms with van der Waals surface area (Å²) in [7, 11) is 0. The van der Waals surface area contributed by atoms with Crippen molar-refractivity contribution in [3.05, 3.63) is 46.0 Å². The predicted octanol–water partition coefficient (Wildman–Crippen LogP) is 3.41. The van der Waals surface area contributed by atoms with Crippen LogP contribution in [0.25, 0.3) is 6.08 Å². The number of hydrogen-bond donors (Lipinski definition) is 0. The van der Waals surface area contributed by atoms with Crippen LogP contribution in [0.1, 0.15) is 25.3 Å². The van der Waals surface area contributed by atoms with Gasteiger partial charge in [-0.15, -0.1) is 0 Å². The fourth-order valence-corrected chi connectivity index (χ4v) is 1.09. The monoisotopic (exact) mass is 191 g/mol. The molecule has 0 radical (unpaired) electrons. The van der Waals surface area contributed by atoms with Crippen molar-refractivity contribution in [1.82, 2.24) is 0 Å². The van der Waals surface area contributed by atoms with Gasteiger partial charge in [0.25, 0.3) is 5.69 Å². The van der Waals surface area contributed by atoms with Crippen LogP contribution in [0.2, 0.25) is 0 Å². The molecule has 0 N–H and O–H groups in total. The fraction of sp³-hybridized carbons (Fsp3) is 0.273. The van der Waals surface area contributed by atoms with Crippen LogP contribution in [0.5, 0.6) is 0 Å². The number of unbranched alkanes of at least 4 members (excludes halogenated alkanes) is 1. The Kier molecular flexibility index (Phi) is 3.85. The first-order valence-corrected chi connectivity index (χ1v) is 4.65. The van der Waals surface area contributed by atoms with Crippen molar-refractivity contribution in [2.75, 3.05) is 0 Å². The van der Waals surface area contributed by atoms with E-state index < -0.39 is 0 Å². The Bertz CT molecular complexity index is 328. The van der Waals surface area contributed by atoms with Crippen LogP contribution in [-0.2, 0) is 0 Å². The average molecular weight is 191 g/mol. The molecule has 3 nitrogen and oxygen atoms in total. The molecule has 0 spiro atoms. The summed E-state index contributed by atoms with van der Waals surface area (Å²) in [6, 6.07) is 6.55. The van der Waals surface area contributed by atoms with Gasteiger partial charge in [-0.05, 0) is 24.1 Å². The Labute approximate surface area is 83.2 Å². The van der Waals surface area contributed by atoms with Crippen molar-refractivity contribution >= 4 is 11.8 Å². The molecule has 1 rings (SSSR count). The Balaban J connectivity index is 2.68. The second-order valence-corrected chi connectivity index (χ2v) is 3.04. The van der Waals surface area contributed by atoms with Gasteiger partial charge in [0.2, 0.25) is 0 Å². The maximum absolute atomic E-state index is 10.4. The molecule has 0 atom stereocenters. The van der Waals surface area contributed by atoms with Gasteiger partial charge in [0.15, 0.2) is 0 Å². The average Bonchev–Trinajstić information content (AvgIpc) is 2.19. The van der Waals surface area contributed by atoms with Crippen LogP contribution >= 0.6 is 0 Å². The summed E-state index contributed by atoms with van der Waals surface area (Å²) in [5.74, 6) is 0. The summed E-state index contributed by atoms with van der Waals surface area (Å²) in [6.07, 6.45) is 6.20. The van der Waals surface area contributed by atoms with Crippen molar-refractivity contribution in [2.45, 2.75) is 19.8 Å². The summed E-state index contributed by atoms with van der Waals surface area (Å²) in [5, 5.41) is 10.4. The van der Waals surface area contributed by atoms with Gasteiger partial charge in [-0.25, -0.2) is 0 Å². The molecule has 0 saturated heterocycles. The highest BCUT2D eigenvalue weighted by Crippen LogP contribution is 2.13. The zero-order chi connectivity index (χ0) is 10.4. The maximum atomic E-state index is 10.4. The van der Waals surface area contributed by atoms with Gasteiger partial charge in [0.05, 0.1) is 4.92 Å². The van der Waals surface area contributed by atoms with Gasteiger partial charge >= 0.3 is 0 Å². The van der Waals surface area contributed by atoms with E-state index in [1.807, 2.05) is 6.08 Å². The van der Waals surface area contributed by atoms with Gasteiger partial charge in [0, 0.05) is 12.1 Å². The summed E-state index contributed by atoms with van der Waals surface area (Å²) >= 11 is 0. The molecule has 0 unspecified atom stereocenters. The van der Waals surface area contributed by atoms with Crippen LogP contribution in [0.4, 0.5) is 5.69 Å².